The number of esters is 1. The van der Waals surface area contributed by atoms with Gasteiger partial charge in [0.25, 0.3) is 0 Å². The number of methoxy groups -OCH3 is 1. The molecule has 1 aliphatic carbocycles. The summed E-state index contributed by atoms with van der Waals surface area (Å²) in [6.45, 7) is 0.733. The second-order valence-corrected chi connectivity index (χ2v) is 3.73. The molecule has 0 amide bonds. The van der Waals surface area contributed by atoms with Crippen LogP contribution in [0.5, 0.6) is 0 Å². The van der Waals surface area contributed by atoms with E-state index in [1.165, 1.54) is 20.0 Å². The van der Waals surface area contributed by atoms with Gasteiger partial charge >= 0.3 is 5.97 Å². The van der Waals surface area contributed by atoms with E-state index in [0.717, 1.165) is 19.4 Å². The van der Waals surface area contributed by atoms with Crippen LogP contribution in [0.15, 0.2) is 0 Å². The van der Waals surface area contributed by atoms with E-state index in [1.807, 2.05) is 0 Å². The number of hydrogen-bond acceptors (Lipinski definition) is 3. The first kappa shape index (κ1) is 11.1. The average molecular weight is 195 g/mol. The zero-order valence-electron chi connectivity index (χ0n) is 8.58. The number of ether oxygens (including phenoxy) is 1. The van der Waals surface area contributed by atoms with E-state index in [4.69, 9.17) is 5.73 Å². The minimum atomic E-state index is -0.445. The first-order chi connectivity index (χ1) is 6.76. The number of carbonyl (C=O) groups is 1. The lowest BCUT2D eigenvalue weighted by Crippen LogP contribution is -2.21. The van der Waals surface area contributed by atoms with Gasteiger partial charge < -0.3 is 10.5 Å². The predicted molar refractivity (Wildman–Crippen MR) is 54.3 cm³/mol. The lowest BCUT2D eigenvalue weighted by Gasteiger charge is -2.24. The Kier molecular flexibility index (Phi) is 4.48. The van der Waals surface area contributed by atoms with Crippen molar-refractivity contribution < 1.29 is 9.53 Å². The third kappa shape index (κ3) is 3.39. The molecule has 0 saturated heterocycles. The Morgan fingerprint density at radius 3 is 3.00 bits per heavy atom. The molecule has 0 radical (unpaired) electrons. The summed E-state index contributed by atoms with van der Waals surface area (Å²) in [5, 5.41) is 0. The smallest absolute Gasteiger partial charge is 0.384 e. The Balaban J connectivity index is 2.43. The first-order valence-corrected chi connectivity index (χ1v) is 5.05. The topological polar surface area (TPSA) is 52.3 Å². The number of hydrogen-bond donors (Lipinski definition) is 1. The van der Waals surface area contributed by atoms with Crippen LogP contribution < -0.4 is 5.73 Å². The summed E-state index contributed by atoms with van der Waals surface area (Å²) >= 11 is 0. The van der Waals surface area contributed by atoms with Crippen LogP contribution >= 0.6 is 0 Å². The maximum absolute atomic E-state index is 10.8. The maximum atomic E-state index is 10.8. The van der Waals surface area contributed by atoms with Gasteiger partial charge in [-0.15, -0.1) is 0 Å². The molecule has 0 aromatic carbocycles. The molecule has 0 unspecified atom stereocenters. The molecule has 2 N–H and O–H groups in total. The van der Waals surface area contributed by atoms with Crippen LogP contribution in [0.25, 0.3) is 0 Å². The van der Waals surface area contributed by atoms with Crippen LogP contribution in [-0.2, 0) is 9.53 Å². The van der Waals surface area contributed by atoms with Crippen molar-refractivity contribution >= 4 is 5.97 Å². The minimum Gasteiger partial charge on any atom is -0.459 e. The van der Waals surface area contributed by atoms with Crippen LogP contribution in [0.1, 0.15) is 25.7 Å². The fourth-order valence-electron chi connectivity index (χ4n) is 1.85. The average Bonchev–Trinajstić information content (AvgIpc) is 2.26. The minimum absolute atomic E-state index is 0.330. The highest BCUT2D eigenvalue weighted by molar-refractivity contribution is 5.88. The molecule has 3 nitrogen and oxygen atoms in total. The molecule has 2 atom stereocenters. The van der Waals surface area contributed by atoms with Crippen molar-refractivity contribution in [1.82, 2.24) is 0 Å². The summed E-state index contributed by atoms with van der Waals surface area (Å²) in [5.41, 5.74) is 5.61. The molecule has 0 spiro atoms. The molecule has 1 aliphatic rings. The van der Waals surface area contributed by atoms with E-state index in [9.17, 15) is 4.79 Å². The molecule has 3 heteroatoms. The molecule has 0 aliphatic heterocycles. The SMILES string of the molecule is COC(=O)C#C[C@@H]1CCC[C@H](CN)C1. The highest BCUT2D eigenvalue weighted by atomic mass is 16.5. The molecule has 1 saturated carbocycles. The molecule has 14 heavy (non-hydrogen) atoms. The lowest BCUT2D eigenvalue weighted by atomic mass is 9.82. The normalized spacial score (nSPS) is 26.1. The van der Waals surface area contributed by atoms with Gasteiger partial charge in [0.2, 0.25) is 0 Å². The van der Waals surface area contributed by atoms with Gasteiger partial charge in [0.15, 0.2) is 0 Å². The molecule has 1 fully saturated rings. The third-order valence-corrected chi connectivity index (χ3v) is 2.68. The monoisotopic (exact) mass is 195 g/mol. The summed E-state index contributed by atoms with van der Waals surface area (Å²) in [6.07, 6.45) is 4.48. The van der Waals surface area contributed by atoms with Gasteiger partial charge in [0, 0.05) is 11.8 Å². The van der Waals surface area contributed by atoms with E-state index in [1.54, 1.807) is 0 Å². The van der Waals surface area contributed by atoms with Crippen LogP contribution in [-0.4, -0.2) is 19.6 Å². The van der Waals surface area contributed by atoms with E-state index in [0.29, 0.717) is 11.8 Å². The molecule has 78 valence electrons. The quantitative estimate of drug-likeness (QED) is 0.384. The van der Waals surface area contributed by atoms with Crippen molar-refractivity contribution in [3.05, 3.63) is 0 Å². The van der Waals surface area contributed by atoms with E-state index < -0.39 is 5.97 Å². The lowest BCUT2D eigenvalue weighted by molar-refractivity contribution is -0.133. The van der Waals surface area contributed by atoms with Crippen LogP contribution in [0.2, 0.25) is 0 Å². The fraction of sp³-hybridized carbons (Fsp3) is 0.727. The van der Waals surface area contributed by atoms with Gasteiger partial charge in [-0.25, -0.2) is 4.79 Å². The molecular weight excluding hydrogens is 178 g/mol. The molecule has 0 heterocycles. The predicted octanol–water partition coefficient (Wildman–Crippen LogP) is 0.928. The van der Waals surface area contributed by atoms with Gasteiger partial charge in [0.1, 0.15) is 0 Å². The summed E-state index contributed by atoms with van der Waals surface area (Å²) < 4.78 is 4.46. The van der Waals surface area contributed by atoms with Crippen LogP contribution in [0, 0.1) is 23.7 Å². The van der Waals surface area contributed by atoms with E-state index in [2.05, 4.69) is 16.6 Å². The molecule has 0 aromatic heterocycles. The van der Waals surface area contributed by atoms with Crippen molar-refractivity contribution in [1.29, 1.82) is 0 Å². The summed E-state index contributed by atoms with van der Waals surface area (Å²) in [7, 11) is 1.35. The van der Waals surface area contributed by atoms with Gasteiger partial charge in [-0.05, 0) is 31.7 Å². The number of rotatable bonds is 1. The van der Waals surface area contributed by atoms with Gasteiger partial charge in [-0.1, -0.05) is 12.3 Å². The number of nitrogens with two attached hydrogens (primary N) is 1. The Hall–Kier alpha value is -1.01. The Morgan fingerprint density at radius 1 is 1.57 bits per heavy atom. The van der Waals surface area contributed by atoms with E-state index in [-0.39, 0.29) is 0 Å². The second-order valence-electron chi connectivity index (χ2n) is 3.73. The third-order valence-electron chi connectivity index (χ3n) is 2.68. The molecule has 0 aromatic rings. The van der Waals surface area contributed by atoms with Gasteiger partial charge in [0.05, 0.1) is 7.11 Å². The van der Waals surface area contributed by atoms with Crippen molar-refractivity contribution in [2.45, 2.75) is 25.7 Å². The van der Waals surface area contributed by atoms with Gasteiger partial charge in [-0.3, -0.25) is 0 Å². The largest absolute Gasteiger partial charge is 0.459 e. The second kappa shape index (κ2) is 5.66. The summed E-state index contributed by atoms with van der Waals surface area (Å²) in [4.78, 5) is 10.8. The van der Waals surface area contributed by atoms with Crippen LogP contribution in [0.4, 0.5) is 0 Å². The Morgan fingerprint density at radius 2 is 2.36 bits per heavy atom. The maximum Gasteiger partial charge on any atom is 0.384 e. The summed E-state index contributed by atoms with van der Waals surface area (Å²) in [6, 6.07) is 0. The van der Waals surface area contributed by atoms with Crippen molar-refractivity contribution in [2.75, 3.05) is 13.7 Å². The molecule has 1 rings (SSSR count). The van der Waals surface area contributed by atoms with Crippen LogP contribution in [0.3, 0.4) is 0 Å². The Bertz CT molecular complexity index is 252. The van der Waals surface area contributed by atoms with E-state index >= 15 is 0 Å². The zero-order valence-corrected chi connectivity index (χ0v) is 8.58. The fourth-order valence-corrected chi connectivity index (χ4v) is 1.85. The summed E-state index contributed by atoms with van der Waals surface area (Å²) in [5.74, 6) is 5.92. The zero-order chi connectivity index (χ0) is 10.4. The first-order valence-electron chi connectivity index (χ1n) is 5.05. The number of carbonyl (C=O) groups excluding carboxylic acids is 1. The Labute approximate surface area is 85.0 Å². The highest BCUT2D eigenvalue weighted by Gasteiger charge is 2.19. The molecule has 0 bridgehead atoms. The van der Waals surface area contributed by atoms with Gasteiger partial charge in [-0.2, -0.15) is 0 Å². The molecular formula is C11H17NO2. The van der Waals surface area contributed by atoms with Crippen molar-refractivity contribution in [3.63, 3.8) is 0 Å². The standard InChI is InChI=1S/C11H17NO2/c1-14-11(13)6-5-9-3-2-4-10(7-9)8-12/h9-10H,2-4,7-8,12H2,1H3/t9-,10-/m0/s1. The highest BCUT2D eigenvalue weighted by Crippen LogP contribution is 2.27. The van der Waals surface area contributed by atoms with Crippen molar-refractivity contribution in [3.8, 4) is 11.8 Å². The van der Waals surface area contributed by atoms with Crippen molar-refractivity contribution in [2.24, 2.45) is 17.6 Å².